The summed E-state index contributed by atoms with van der Waals surface area (Å²) in [5, 5.41) is 3.33. The van der Waals surface area contributed by atoms with Gasteiger partial charge in [0.25, 0.3) is 0 Å². The lowest BCUT2D eigenvalue weighted by Crippen LogP contribution is -2.41. The fourth-order valence-electron chi connectivity index (χ4n) is 3.60. The molecule has 1 aromatic carbocycles. The van der Waals surface area contributed by atoms with Crippen molar-refractivity contribution < 1.29 is 8.42 Å². The van der Waals surface area contributed by atoms with Gasteiger partial charge in [-0.1, -0.05) is 30.3 Å². The highest BCUT2D eigenvalue weighted by Crippen LogP contribution is 2.26. The first-order valence-electron chi connectivity index (χ1n) is 9.74. The molecule has 28 heavy (non-hydrogen) atoms. The van der Waals surface area contributed by atoms with Crippen molar-refractivity contribution in [3.8, 4) is 0 Å². The summed E-state index contributed by atoms with van der Waals surface area (Å²) in [6, 6.07) is 10.6. The molecule has 9 heteroatoms. The van der Waals surface area contributed by atoms with E-state index in [1.807, 2.05) is 24.8 Å². The third-order valence-corrected chi connectivity index (χ3v) is 7.86. The van der Waals surface area contributed by atoms with Crippen LogP contribution in [0, 0.1) is 0 Å². The largest absolute Gasteiger partial charge is 0.357 e. The van der Waals surface area contributed by atoms with Gasteiger partial charge in [-0.15, -0.1) is 24.0 Å². The second-order valence-electron chi connectivity index (χ2n) is 6.91. The van der Waals surface area contributed by atoms with Crippen LogP contribution in [-0.2, 0) is 10.0 Å². The lowest BCUT2D eigenvalue weighted by Gasteiger charge is -2.25. The van der Waals surface area contributed by atoms with Gasteiger partial charge in [-0.2, -0.15) is 11.8 Å². The number of guanidine groups is 1. The fraction of sp³-hybridized carbons (Fsp3) is 0.632. The van der Waals surface area contributed by atoms with Crippen LogP contribution >= 0.6 is 35.7 Å². The van der Waals surface area contributed by atoms with Crippen molar-refractivity contribution in [1.82, 2.24) is 14.5 Å². The summed E-state index contributed by atoms with van der Waals surface area (Å²) in [5.41, 5.74) is 1.36. The molecule has 2 saturated heterocycles. The highest BCUT2D eigenvalue weighted by atomic mass is 127. The third kappa shape index (κ3) is 6.50. The Morgan fingerprint density at radius 1 is 1.21 bits per heavy atom. The van der Waals surface area contributed by atoms with Gasteiger partial charge in [0.05, 0.1) is 12.3 Å². The summed E-state index contributed by atoms with van der Waals surface area (Å²) in [6.45, 7) is 6.25. The number of likely N-dealkylation sites (tertiary alicyclic amines) is 1. The number of benzene rings is 1. The smallest absolute Gasteiger partial charge is 0.215 e. The molecule has 0 amide bonds. The average molecular weight is 539 g/mol. The van der Waals surface area contributed by atoms with Gasteiger partial charge in [-0.05, 0) is 18.9 Å². The van der Waals surface area contributed by atoms with E-state index >= 15 is 0 Å². The van der Waals surface area contributed by atoms with Crippen molar-refractivity contribution in [3.05, 3.63) is 35.9 Å². The van der Waals surface area contributed by atoms with E-state index in [9.17, 15) is 8.42 Å². The van der Waals surface area contributed by atoms with Gasteiger partial charge in [0.15, 0.2) is 5.96 Å². The van der Waals surface area contributed by atoms with Crippen molar-refractivity contribution in [2.24, 2.45) is 4.99 Å². The number of hydrogen-bond acceptors (Lipinski definition) is 4. The Morgan fingerprint density at radius 2 is 1.93 bits per heavy atom. The van der Waals surface area contributed by atoms with Gasteiger partial charge in [0.2, 0.25) is 10.0 Å². The van der Waals surface area contributed by atoms with Gasteiger partial charge in [0.1, 0.15) is 0 Å². The zero-order valence-corrected chi connectivity index (χ0v) is 20.4. The molecule has 0 saturated carbocycles. The van der Waals surface area contributed by atoms with Crippen molar-refractivity contribution in [1.29, 1.82) is 0 Å². The quantitative estimate of drug-likeness (QED) is 0.343. The Morgan fingerprint density at radius 3 is 2.61 bits per heavy atom. The number of thioether (sulfide) groups is 1. The molecule has 6 nitrogen and oxygen atoms in total. The van der Waals surface area contributed by atoms with Gasteiger partial charge in [-0.25, -0.2) is 12.7 Å². The predicted octanol–water partition coefficient (Wildman–Crippen LogP) is 2.44. The monoisotopic (exact) mass is 538 g/mol. The van der Waals surface area contributed by atoms with E-state index in [-0.39, 0.29) is 29.7 Å². The lowest BCUT2D eigenvalue weighted by atomic mass is 9.99. The summed E-state index contributed by atoms with van der Waals surface area (Å²) in [6.07, 6.45) is 1.10. The molecule has 2 aliphatic rings. The normalized spacial score (nSPS) is 21.4. The number of aliphatic imine (C=N–C) groups is 1. The first kappa shape index (κ1) is 23.8. The van der Waals surface area contributed by atoms with E-state index in [0.717, 1.165) is 43.5 Å². The molecule has 2 heterocycles. The van der Waals surface area contributed by atoms with Crippen LogP contribution in [-0.4, -0.2) is 80.1 Å². The number of hydrogen-bond donors (Lipinski definition) is 1. The standard InChI is InChI=1S/C19H30N4O2S2.HI/c1-2-20-19(21-9-15-27(24,25)23-11-13-26-14-12-23)22-10-8-18(16-22)17-6-4-3-5-7-17;/h3-7,18H,2,8-16H2,1H3,(H,20,21);1H. The van der Waals surface area contributed by atoms with Crippen molar-refractivity contribution in [3.63, 3.8) is 0 Å². The van der Waals surface area contributed by atoms with E-state index in [0.29, 0.717) is 25.6 Å². The van der Waals surface area contributed by atoms with E-state index < -0.39 is 10.0 Å². The number of nitrogens with zero attached hydrogens (tertiary/aromatic N) is 3. The van der Waals surface area contributed by atoms with Gasteiger partial charge in [0, 0.05) is 50.1 Å². The van der Waals surface area contributed by atoms with Crippen LogP contribution in [0.1, 0.15) is 24.8 Å². The first-order chi connectivity index (χ1) is 13.1. The maximum Gasteiger partial charge on any atom is 0.215 e. The number of halogens is 1. The molecule has 158 valence electrons. The minimum Gasteiger partial charge on any atom is -0.357 e. The Hall–Kier alpha value is -0.520. The minimum atomic E-state index is -3.20. The molecule has 2 aliphatic heterocycles. The van der Waals surface area contributed by atoms with Crippen LogP contribution in [0.5, 0.6) is 0 Å². The Balaban J connectivity index is 0.00000280. The van der Waals surface area contributed by atoms with Gasteiger partial charge in [-0.3, -0.25) is 4.99 Å². The van der Waals surface area contributed by atoms with Crippen molar-refractivity contribution >= 4 is 51.7 Å². The van der Waals surface area contributed by atoms with E-state index in [1.165, 1.54) is 5.56 Å². The molecular weight excluding hydrogens is 507 g/mol. The second kappa shape index (κ2) is 11.6. The zero-order valence-electron chi connectivity index (χ0n) is 16.4. The highest BCUT2D eigenvalue weighted by Gasteiger charge is 2.27. The van der Waals surface area contributed by atoms with Crippen LogP contribution in [0.4, 0.5) is 0 Å². The number of nitrogens with one attached hydrogen (secondary N) is 1. The van der Waals surface area contributed by atoms with Crippen molar-refractivity contribution in [2.75, 3.05) is 56.5 Å². The van der Waals surface area contributed by atoms with Crippen LogP contribution in [0.15, 0.2) is 35.3 Å². The molecule has 1 aromatic rings. The maximum absolute atomic E-state index is 12.5. The maximum atomic E-state index is 12.5. The zero-order chi connectivity index (χ0) is 19.1. The Kier molecular flexibility index (Phi) is 9.85. The predicted molar refractivity (Wildman–Crippen MR) is 129 cm³/mol. The summed E-state index contributed by atoms with van der Waals surface area (Å²) >= 11 is 1.81. The molecule has 0 aliphatic carbocycles. The molecule has 1 atom stereocenters. The van der Waals surface area contributed by atoms with E-state index in [1.54, 1.807) is 4.31 Å². The number of sulfonamides is 1. The van der Waals surface area contributed by atoms with Crippen LogP contribution in [0.25, 0.3) is 0 Å². The van der Waals surface area contributed by atoms with Crippen molar-refractivity contribution in [2.45, 2.75) is 19.3 Å². The highest BCUT2D eigenvalue weighted by molar-refractivity contribution is 14.0. The SMILES string of the molecule is CCNC(=NCCS(=O)(=O)N1CCSCC1)N1CCC(c2ccccc2)C1.I. The molecule has 0 aromatic heterocycles. The molecule has 0 spiro atoms. The molecule has 1 N–H and O–H groups in total. The van der Waals surface area contributed by atoms with E-state index in [2.05, 4.69) is 39.5 Å². The summed E-state index contributed by atoms with van der Waals surface area (Å²) in [4.78, 5) is 6.88. The van der Waals surface area contributed by atoms with Crippen LogP contribution in [0.3, 0.4) is 0 Å². The molecule has 1 unspecified atom stereocenters. The molecule has 2 fully saturated rings. The Bertz CT molecular complexity index is 725. The Labute approximate surface area is 190 Å². The second-order valence-corrected chi connectivity index (χ2v) is 10.2. The van der Waals surface area contributed by atoms with Crippen LogP contribution < -0.4 is 5.32 Å². The number of rotatable bonds is 6. The summed E-state index contributed by atoms with van der Waals surface area (Å²) in [5.74, 6) is 3.20. The lowest BCUT2D eigenvalue weighted by molar-refractivity contribution is 0.443. The summed E-state index contributed by atoms with van der Waals surface area (Å²) < 4.78 is 26.6. The first-order valence-corrected chi connectivity index (χ1v) is 12.5. The van der Waals surface area contributed by atoms with E-state index in [4.69, 9.17) is 0 Å². The topological polar surface area (TPSA) is 65.0 Å². The minimum absolute atomic E-state index is 0. The molecule has 3 rings (SSSR count). The molecule has 0 bridgehead atoms. The third-order valence-electron chi connectivity index (χ3n) is 5.07. The average Bonchev–Trinajstić information content (AvgIpc) is 3.19. The molecular formula is C19H31IN4O2S2. The van der Waals surface area contributed by atoms with Gasteiger partial charge >= 0.3 is 0 Å². The fourth-order valence-corrected chi connectivity index (χ4v) is 6.05. The summed E-state index contributed by atoms with van der Waals surface area (Å²) in [7, 11) is -3.20. The molecule has 0 radical (unpaired) electrons. The van der Waals surface area contributed by atoms with Gasteiger partial charge < -0.3 is 10.2 Å². The van der Waals surface area contributed by atoms with Crippen LogP contribution in [0.2, 0.25) is 0 Å².